The molecule has 7 heteroatoms. The van der Waals surface area contributed by atoms with Gasteiger partial charge in [-0.25, -0.2) is 0 Å². The summed E-state index contributed by atoms with van der Waals surface area (Å²) in [7, 11) is 0. The maximum Gasteiger partial charge on any atom is 0.237 e. The highest BCUT2D eigenvalue weighted by atomic mass is 32.1. The molecule has 0 radical (unpaired) electrons. The van der Waals surface area contributed by atoms with E-state index in [2.05, 4.69) is 21.7 Å². The van der Waals surface area contributed by atoms with Gasteiger partial charge in [0, 0.05) is 31.1 Å². The van der Waals surface area contributed by atoms with E-state index in [0.717, 1.165) is 39.0 Å². The van der Waals surface area contributed by atoms with Crippen molar-refractivity contribution < 1.29 is 14.3 Å². The van der Waals surface area contributed by atoms with Gasteiger partial charge in [0.25, 0.3) is 0 Å². The van der Waals surface area contributed by atoms with E-state index in [1.165, 1.54) is 10.4 Å². The minimum atomic E-state index is -0.327. The zero-order chi connectivity index (χ0) is 18.1. The van der Waals surface area contributed by atoms with E-state index in [1.807, 2.05) is 11.8 Å². The predicted octanol–water partition coefficient (Wildman–Crippen LogP) is 1.35. The Balaban J connectivity index is 1.39. The van der Waals surface area contributed by atoms with Crippen molar-refractivity contribution in [3.8, 4) is 0 Å². The molecule has 2 saturated heterocycles. The van der Waals surface area contributed by atoms with Crippen molar-refractivity contribution in [1.82, 2.24) is 15.1 Å². The number of amides is 2. The average molecular weight is 378 g/mol. The summed E-state index contributed by atoms with van der Waals surface area (Å²) in [5.41, 5.74) is 1.22. The van der Waals surface area contributed by atoms with Crippen molar-refractivity contribution in [1.29, 1.82) is 0 Å². The van der Waals surface area contributed by atoms with Crippen LogP contribution >= 0.6 is 11.3 Å². The first kappa shape index (κ1) is 17.9. The summed E-state index contributed by atoms with van der Waals surface area (Å²) in [5.74, 6) is 0.0707. The zero-order valence-corrected chi connectivity index (χ0v) is 16.1. The lowest BCUT2D eigenvalue weighted by atomic mass is 9.85. The molecule has 3 aliphatic rings. The van der Waals surface area contributed by atoms with Crippen LogP contribution in [0.4, 0.5) is 0 Å². The first-order valence-electron chi connectivity index (χ1n) is 9.63. The molecule has 3 aliphatic heterocycles. The number of carbonyl (C=O) groups is 2. The summed E-state index contributed by atoms with van der Waals surface area (Å²) in [6.45, 7) is 6.50. The maximum absolute atomic E-state index is 12.8. The number of hydrogen-bond donors (Lipinski definition) is 1. The Kier molecular flexibility index (Phi) is 5.03. The van der Waals surface area contributed by atoms with E-state index in [0.29, 0.717) is 19.6 Å². The normalized spacial score (nSPS) is 25.8. The summed E-state index contributed by atoms with van der Waals surface area (Å²) in [4.78, 5) is 30.4. The Morgan fingerprint density at radius 1 is 1.38 bits per heavy atom. The number of ether oxygens (including phenoxy) is 1. The fourth-order valence-electron chi connectivity index (χ4n) is 4.50. The molecule has 2 fully saturated rings. The third-order valence-electron chi connectivity index (χ3n) is 6.05. The lowest BCUT2D eigenvalue weighted by molar-refractivity contribution is -0.145. The third kappa shape index (κ3) is 3.17. The Bertz CT molecular complexity index is 681. The largest absolute Gasteiger partial charge is 0.369 e. The number of likely N-dealkylation sites (N-methyl/N-ethyl adjacent to an activating group) is 1. The molecule has 0 bridgehead atoms. The van der Waals surface area contributed by atoms with Crippen LogP contribution in [-0.4, -0.2) is 67.0 Å². The monoisotopic (exact) mass is 377 g/mol. The summed E-state index contributed by atoms with van der Waals surface area (Å²) in [6.07, 6.45) is 2.96. The van der Waals surface area contributed by atoms with E-state index in [1.54, 1.807) is 11.3 Å². The highest BCUT2D eigenvalue weighted by molar-refractivity contribution is 7.10. The lowest BCUT2D eigenvalue weighted by Gasteiger charge is -2.44. The van der Waals surface area contributed by atoms with Gasteiger partial charge < -0.3 is 15.0 Å². The van der Waals surface area contributed by atoms with Crippen LogP contribution in [0, 0.1) is 0 Å². The van der Waals surface area contributed by atoms with Gasteiger partial charge in [-0.3, -0.25) is 14.5 Å². The molecule has 4 rings (SSSR count). The summed E-state index contributed by atoms with van der Waals surface area (Å²) in [6, 6.07) is 1.88. The van der Waals surface area contributed by atoms with Gasteiger partial charge in [-0.15, -0.1) is 11.3 Å². The van der Waals surface area contributed by atoms with Crippen molar-refractivity contribution in [3.05, 3.63) is 21.9 Å². The van der Waals surface area contributed by atoms with Crippen LogP contribution < -0.4 is 5.32 Å². The smallest absolute Gasteiger partial charge is 0.237 e. The minimum absolute atomic E-state index is 0.0150. The number of fused-ring (bicyclic) bond motifs is 2. The second-order valence-electron chi connectivity index (χ2n) is 7.39. The van der Waals surface area contributed by atoms with Gasteiger partial charge in [0.2, 0.25) is 11.8 Å². The highest BCUT2D eigenvalue weighted by Crippen LogP contribution is 2.44. The molecule has 1 unspecified atom stereocenters. The van der Waals surface area contributed by atoms with Gasteiger partial charge in [0.1, 0.15) is 5.60 Å². The van der Waals surface area contributed by atoms with Crippen LogP contribution in [0.1, 0.15) is 36.6 Å². The number of rotatable bonds is 3. The van der Waals surface area contributed by atoms with Gasteiger partial charge in [0.05, 0.1) is 19.1 Å². The maximum atomic E-state index is 12.8. The van der Waals surface area contributed by atoms with Gasteiger partial charge in [-0.05, 0) is 42.8 Å². The van der Waals surface area contributed by atoms with Crippen LogP contribution in [0.5, 0.6) is 0 Å². The molecule has 1 atom stereocenters. The molecular formula is C19H27N3O3S. The second kappa shape index (κ2) is 7.29. The lowest BCUT2D eigenvalue weighted by Crippen LogP contribution is -2.57. The van der Waals surface area contributed by atoms with Crippen molar-refractivity contribution in [2.75, 3.05) is 39.3 Å². The number of thiophene rings is 1. The highest BCUT2D eigenvalue weighted by Gasteiger charge is 2.43. The second-order valence-corrected chi connectivity index (χ2v) is 8.30. The van der Waals surface area contributed by atoms with Crippen LogP contribution in [0.3, 0.4) is 0 Å². The topological polar surface area (TPSA) is 61.9 Å². The molecule has 1 spiro atoms. The molecule has 1 N–H and O–H groups in total. The zero-order valence-electron chi connectivity index (χ0n) is 15.3. The quantitative estimate of drug-likeness (QED) is 0.864. The van der Waals surface area contributed by atoms with Gasteiger partial charge in [-0.1, -0.05) is 6.92 Å². The van der Waals surface area contributed by atoms with Gasteiger partial charge in [0.15, 0.2) is 0 Å². The fourth-order valence-corrected chi connectivity index (χ4v) is 5.67. The molecule has 6 nitrogen and oxygen atoms in total. The number of carbonyl (C=O) groups excluding carboxylic acids is 2. The standard InChI is InChI=1S/C19H27N3O3S/c1-2-21-10-7-20-18(24)15(21)13-16(23)22-8-5-19(6-9-22)17-14(3-11-25-19)4-12-26-17/h4,12,15H,2-3,5-11,13H2,1H3,(H,20,24). The molecule has 1 aromatic heterocycles. The Hall–Kier alpha value is -1.44. The molecule has 26 heavy (non-hydrogen) atoms. The van der Waals surface area contributed by atoms with Crippen molar-refractivity contribution in [2.24, 2.45) is 0 Å². The van der Waals surface area contributed by atoms with Crippen LogP contribution in [0.2, 0.25) is 0 Å². The Labute approximate surface area is 158 Å². The van der Waals surface area contributed by atoms with Crippen molar-refractivity contribution >= 4 is 23.2 Å². The third-order valence-corrected chi connectivity index (χ3v) is 7.19. The van der Waals surface area contributed by atoms with E-state index in [4.69, 9.17) is 4.74 Å². The Morgan fingerprint density at radius 2 is 2.19 bits per heavy atom. The number of likely N-dealkylation sites (tertiary alicyclic amines) is 1. The summed E-state index contributed by atoms with van der Waals surface area (Å²) >= 11 is 1.78. The molecule has 0 aliphatic carbocycles. The summed E-state index contributed by atoms with van der Waals surface area (Å²) < 4.78 is 6.22. The molecule has 0 saturated carbocycles. The van der Waals surface area contributed by atoms with Gasteiger partial charge >= 0.3 is 0 Å². The molecule has 142 valence electrons. The van der Waals surface area contributed by atoms with Crippen molar-refractivity contribution in [3.63, 3.8) is 0 Å². The number of nitrogens with zero attached hydrogens (tertiary/aromatic N) is 2. The van der Waals surface area contributed by atoms with Crippen LogP contribution in [0.25, 0.3) is 0 Å². The van der Waals surface area contributed by atoms with Crippen LogP contribution in [-0.2, 0) is 26.3 Å². The summed E-state index contributed by atoms with van der Waals surface area (Å²) in [5, 5.41) is 5.04. The number of hydrogen-bond acceptors (Lipinski definition) is 5. The molecule has 4 heterocycles. The first-order chi connectivity index (χ1) is 12.6. The molecule has 2 amide bonds. The number of piperazine rings is 1. The minimum Gasteiger partial charge on any atom is -0.369 e. The first-order valence-corrected chi connectivity index (χ1v) is 10.5. The van der Waals surface area contributed by atoms with Gasteiger partial charge in [-0.2, -0.15) is 0 Å². The molecule has 0 aromatic carbocycles. The Morgan fingerprint density at radius 3 is 2.96 bits per heavy atom. The fraction of sp³-hybridized carbons (Fsp3) is 0.684. The molecule has 1 aromatic rings. The van der Waals surface area contributed by atoms with E-state index >= 15 is 0 Å². The van der Waals surface area contributed by atoms with Crippen LogP contribution in [0.15, 0.2) is 11.4 Å². The van der Waals surface area contributed by atoms with E-state index < -0.39 is 0 Å². The molecular weight excluding hydrogens is 350 g/mol. The van der Waals surface area contributed by atoms with E-state index in [-0.39, 0.29) is 29.9 Å². The van der Waals surface area contributed by atoms with Crippen molar-refractivity contribution in [2.45, 2.75) is 44.2 Å². The average Bonchev–Trinajstić information content (AvgIpc) is 3.14. The number of piperidine rings is 1. The number of nitrogens with one attached hydrogen (secondary N) is 1. The SMILES string of the molecule is CCN1CCNC(=O)C1CC(=O)N1CCC2(CC1)OCCc1ccsc12. The predicted molar refractivity (Wildman–Crippen MR) is 100 cm³/mol. The van der Waals surface area contributed by atoms with E-state index in [9.17, 15) is 9.59 Å².